The average Bonchev–Trinajstić information content (AvgIpc) is 3.50. The second-order valence-electron chi connectivity index (χ2n) is 7.32. The van der Waals surface area contributed by atoms with Crippen LogP contribution in [0, 0.1) is 5.92 Å². The van der Waals surface area contributed by atoms with Gasteiger partial charge in [-0.05, 0) is 43.4 Å². The lowest BCUT2D eigenvalue weighted by molar-refractivity contribution is 0.288. The summed E-state index contributed by atoms with van der Waals surface area (Å²) in [5.41, 5.74) is 2.80. The van der Waals surface area contributed by atoms with Crippen LogP contribution in [0.1, 0.15) is 31.0 Å². The van der Waals surface area contributed by atoms with Gasteiger partial charge >= 0.3 is 0 Å². The first-order valence-electron chi connectivity index (χ1n) is 10.4. The normalized spacial score (nSPS) is 13.8. The van der Waals surface area contributed by atoms with Crippen molar-refractivity contribution in [1.29, 1.82) is 0 Å². The Morgan fingerprint density at radius 2 is 2.03 bits per heavy atom. The van der Waals surface area contributed by atoms with Crippen molar-refractivity contribution >= 4 is 5.96 Å². The van der Waals surface area contributed by atoms with Gasteiger partial charge in [0.05, 0.1) is 25.4 Å². The van der Waals surface area contributed by atoms with Gasteiger partial charge in [-0.1, -0.05) is 24.3 Å². The largest absolute Gasteiger partial charge is 0.477 e. The molecule has 0 unspecified atom stereocenters. The third kappa shape index (κ3) is 5.83. The molecule has 30 heavy (non-hydrogen) atoms. The van der Waals surface area contributed by atoms with E-state index < -0.39 is 0 Å². The Labute approximate surface area is 176 Å². The van der Waals surface area contributed by atoms with Gasteiger partial charge in [0.25, 0.3) is 0 Å². The number of nitrogens with one attached hydrogen (secondary N) is 2. The van der Waals surface area contributed by atoms with Crippen molar-refractivity contribution in [3.05, 3.63) is 66.2 Å². The maximum atomic E-state index is 5.68. The van der Waals surface area contributed by atoms with Crippen LogP contribution in [0.3, 0.4) is 0 Å². The molecule has 0 saturated heterocycles. The second-order valence-corrected chi connectivity index (χ2v) is 7.32. The fraction of sp³-hybridized carbons (Fsp3) is 0.348. The molecule has 1 saturated carbocycles. The van der Waals surface area contributed by atoms with Crippen LogP contribution in [-0.4, -0.2) is 29.1 Å². The second kappa shape index (κ2) is 9.91. The molecule has 7 nitrogen and oxygen atoms in total. The number of guanidine groups is 1. The van der Waals surface area contributed by atoms with E-state index >= 15 is 0 Å². The van der Waals surface area contributed by atoms with Crippen molar-refractivity contribution in [2.75, 3.05) is 13.2 Å². The Bertz CT molecular complexity index is 949. The van der Waals surface area contributed by atoms with Crippen LogP contribution < -0.4 is 15.4 Å². The third-order valence-corrected chi connectivity index (χ3v) is 4.73. The third-order valence-electron chi connectivity index (χ3n) is 4.73. The first kappa shape index (κ1) is 19.9. The van der Waals surface area contributed by atoms with Gasteiger partial charge < -0.3 is 19.8 Å². The molecular weight excluding hydrogens is 378 g/mol. The Morgan fingerprint density at radius 1 is 1.17 bits per heavy atom. The highest BCUT2D eigenvalue weighted by atomic mass is 16.5. The van der Waals surface area contributed by atoms with E-state index in [4.69, 9.17) is 9.15 Å². The molecule has 156 valence electrons. The van der Waals surface area contributed by atoms with E-state index in [1.54, 1.807) is 6.26 Å². The van der Waals surface area contributed by atoms with Crippen molar-refractivity contribution in [3.8, 4) is 17.3 Å². The molecule has 1 aliphatic carbocycles. The van der Waals surface area contributed by atoms with Crippen LogP contribution in [0.2, 0.25) is 0 Å². The van der Waals surface area contributed by atoms with E-state index in [9.17, 15) is 0 Å². The highest BCUT2D eigenvalue weighted by Gasteiger charge is 2.22. The average molecular weight is 406 g/mol. The minimum atomic E-state index is 0.522. The summed E-state index contributed by atoms with van der Waals surface area (Å²) in [7, 11) is 0. The number of hydrogen-bond acceptors (Lipinski definition) is 5. The van der Waals surface area contributed by atoms with Crippen molar-refractivity contribution in [2.24, 2.45) is 10.9 Å². The summed E-state index contributed by atoms with van der Waals surface area (Å²) in [6, 6.07) is 13.8. The summed E-state index contributed by atoms with van der Waals surface area (Å²) in [5.74, 6) is 2.73. The van der Waals surface area contributed by atoms with Crippen LogP contribution in [0.5, 0.6) is 5.88 Å². The zero-order chi connectivity index (χ0) is 20.6. The summed E-state index contributed by atoms with van der Waals surface area (Å²) in [5, 5.41) is 6.54. The monoisotopic (exact) mass is 405 g/mol. The fourth-order valence-corrected chi connectivity index (χ4v) is 2.87. The van der Waals surface area contributed by atoms with Crippen molar-refractivity contribution in [1.82, 2.24) is 20.6 Å². The lowest BCUT2D eigenvalue weighted by atomic mass is 10.2. The maximum absolute atomic E-state index is 5.68. The molecule has 0 bridgehead atoms. The summed E-state index contributed by atoms with van der Waals surface area (Å²) in [6.45, 7) is 4.63. The maximum Gasteiger partial charge on any atom is 0.226 e. The van der Waals surface area contributed by atoms with E-state index in [2.05, 4.69) is 25.6 Å². The molecule has 0 aliphatic heterocycles. The Balaban J connectivity index is 1.30. The quantitative estimate of drug-likeness (QED) is 0.416. The van der Waals surface area contributed by atoms with E-state index in [1.807, 2.05) is 55.6 Å². The molecule has 0 amide bonds. The zero-order valence-corrected chi connectivity index (χ0v) is 17.2. The van der Waals surface area contributed by atoms with Crippen LogP contribution in [-0.2, 0) is 13.1 Å². The van der Waals surface area contributed by atoms with Gasteiger partial charge in [0.15, 0.2) is 5.96 Å². The molecule has 0 radical (unpaired) electrons. The van der Waals surface area contributed by atoms with E-state index in [-0.39, 0.29) is 0 Å². The molecule has 0 atom stereocenters. The number of oxazole rings is 1. The van der Waals surface area contributed by atoms with Gasteiger partial charge in [0.1, 0.15) is 6.26 Å². The highest BCUT2D eigenvalue weighted by Crippen LogP contribution is 2.29. The van der Waals surface area contributed by atoms with Gasteiger partial charge in [-0.15, -0.1) is 0 Å². The molecule has 0 spiro atoms. The smallest absolute Gasteiger partial charge is 0.226 e. The Kier molecular flexibility index (Phi) is 6.59. The lowest BCUT2D eigenvalue weighted by Gasteiger charge is -2.10. The highest BCUT2D eigenvalue weighted by molar-refractivity contribution is 5.79. The number of aromatic nitrogens is 2. The first-order chi connectivity index (χ1) is 14.8. The number of rotatable bonds is 9. The Hall–Kier alpha value is -3.35. The first-order valence-corrected chi connectivity index (χ1v) is 10.4. The molecule has 1 aliphatic rings. The molecule has 2 N–H and O–H groups in total. The molecule has 3 aromatic rings. The summed E-state index contributed by atoms with van der Waals surface area (Å²) in [4.78, 5) is 13.5. The van der Waals surface area contributed by atoms with Gasteiger partial charge in [-0.2, -0.15) is 0 Å². The van der Waals surface area contributed by atoms with Crippen molar-refractivity contribution in [2.45, 2.75) is 32.9 Å². The summed E-state index contributed by atoms with van der Waals surface area (Å²) in [6.07, 6.45) is 6.03. The molecule has 2 aromatic heterocycles. The molecular formula is C23H27N5O2. The lowest BCUT2D eigenvalue weighted by Crippen LogP contribution is -2.36. The molecule has 1 aromatic carbocycles. The summed E-state index contributed by atoms with van der Waals surface area (Å²) < 4.78 is 11.3. The van der Waals surface area contributed by atoms with Gasteiger partial charge in [0.2, 0.25) is 11.8 Å². The standard InChI is InChI=1S/C23H27N5O2/c1-2-24-23(26-13-18-10-11-21(25-12-18)29-15-17-8-9-17)27-14-20-16-30-22(28-20)19-6-4-3-5-7-19/h3-7,10-12,16-17H,2,8-9,13-15H2,1H3,(H2,24,26,27). The van der Waals surface area contributed by atoms with Crippen molar-refractivity contribution < 1.29 is 9.15 Å². The number of benzene rings is 1. The number of pyridine rings is 1. The van der Waals surface area contributed by atoms with Crippen LogP contribution in [0.4, 0.5) is 0 Å². The topological polar surface area (TPSA) is 84.6 Å². The van der Waals surface area contributed by atoms with Gasteiger partial charge in [0, 0.05) is 24.4 Å². The number of ether oxygens (including phenoxy) is 1. The predicted octanol–water partition coefficient (Wildman–Crippen LogP) is 3.78. The van der Waals surface area contributed by atoms with Crippen LogP contribution >= 0.6 is 0 Å². The van der Waals surface area contributed by atoms with E-state index in [0.29, 0.717) is 24.9 Å². The van der Waals surface area contributed by atoms with Crippen LogP contribution in [0.25, 0.3) is 11.5 Å². The molecule has 2 heterocycles. The minimum Gasteiger partial charge on any atom is -0.477 e. The number of hydrogen-bond donors (Lipinski definition) is 2. The summed E-state index contributed by atoms with van der Waals surface area (Å²) >= 11 is 0. The van der Waals surface area contributed by atoms with Crippen molar-refractivity contribution in [3.63, 3.8) is 0 Å². The molecule has 1 fully saturated rings. The predicted molar refractivity (Wildman–Crippen MR) is 116 cm³/mol. The van der Waals surface area contributed by atoms with Crippen LogP contribution in [0.15, 0.2) is 64.3 Å². The Morgan fingerprint density at radius 3 is 2.77 bits per heavy atom. The zero-order valence-electron chi connectivity index (χ0n) is 17.2. The fourth-order valence-electron chi connectivity index (χ4n) is 2.87. The SMILES string of the molecule is CCNC(=NCc1ccc(OCC2CC2)nc1)NCc1coc(-c2ccccc2)n1. The number of nitrogens with zero attached hydrogens (tertiary/aromatic N) is 3. The van der Waals surface area contributed by atoms with E-state index in [0.717, 1.165) is 41.8 Å². The molecule has 7 heteroatoms. The van der Waals surface area contributed by atoms with Gasteiger partial charge in [-0.25, -0.2) is 15.0 Å². The minimum absolute atomic E-state index is 0.522. The molecule has 4 rings (SSSR count). The number of aliphatic imine (C=N–C) groups is 1. The van der Waals surface area contributed by atoms with E-state index in [1.165, 1.54) is 12.8 Å². The van der Waals surface area contributed by atoms with Gasteiger partial charge in [-0.3, -0.25) is 0 Å².